The molecule has 25 heavy (non-hydrogen) atoms. The van der Waals surface area contributed by atoms with Gasteiger partial charge in [-0.15, -0.1) is 0 Å². The average Bonchev–Trinajstić information content (AvgIpc) is 2.56. The summed E-state index contributed by atoms with van der Waals surface area (Å²) in [6, 6.07) is 9.99. The van der Waals surface area contributed by atoms with Crippen LogP contribution in [-0.4, -0.2) is 28.0 Å². The van der Waals surface area contributed by atoms with Crippen LogP contribution in [0, 0.1) is 13.8 Å². The van der Waals surface area contributed by atoms with Gasteiger partial charge in [0.15, 0.2) is 0 Å². The van der Waals surface area contributed by atoms with Gasteiger partial charge in [-0.2, -0.15) is 0 Å². The van der Waals surface area contributed by atoms with Crippen molar-refractivity contribution in [3.63, 3.8) is 0 Å². The number of nitrogens with zero attached hydrogens (tertiary/aromatic N) is 2. The number of benzene rings is 1. The Morgan fingerprint density at radius 3 is 2.28 bits per heavy atom. The van der Waals surface area contributed by atoms with E-state index in [0.29, 0.717) is 11.6 Å². The molecule has 0 radical (unpaired) electrons. The van der Waals surface area contributed by atoms with Gasteiger partial charge < -0.3 is 10.1 Å². The van der Waals surface area contributed by atoms with Crippen LogP contribution in [0.3, 0.4) is 0 Å². The van der Waals surface area contributed by atoms with Crippen LogP contribution in [0.15, 0.2) is 34.8 Å². The van der Waals surface area contributed by atoms with E-state index in [1.54, 1.807) is 0 Å². The molecule has 0 unspecified atom stereocenters. The van der Waals surface area contributed by atoms with Crippen LogP contribution in [0.4, 0.5) is 0 Å². The second kappa shape index (κ2) is 7.95. The Kier molecular flexibility index (Phi) is 5.68. The Bertz CT molecular complexity index is 721. The molecule has 5 nitrogen and oxygen atoms in total. The summed E-state index contributed by atoms with van der Waals surface area (Å²) in [7, 11) is 0. The third kappa shape index (κ3) is 5.01. The van der Waals surface area contributed by atoms with E-state index < -0.39 is 0 Å². The van der Waals surface area contributed by atoms with Crippen LogP contribution in [0.5, 0.6) is 6.01 Å². The number of carbonyl (C=O) groups excluding carboxylic acids is 1. The van der Waals surface area contributed by atoms with Gasteiger partial charge >= 0.3 is 6.01 Å². The number of nitrogens with one attached hydrogen (secondary N) is 1. The summed E-state index contributed by atoms with van der Waals surface area (Å²) in [6.45, 7) is 3.88. The lowest BCUT2D eigenvalue weighted by molar-refractivity contribution is 0.0884. The van der Waals surface area contributed by atoms with Crippen molar-refractivity contribution in [3.8, 4) is 6.01 Å². The molecule has 0 aliphatic heterocycles. The maximum atomic E-state index is 12.3. The number of amides is 1. The van der Waals surface area contributed by atoms with Gasteiger partial charge in [-0.3, -0.25) is 4.79 Å². The molecule has 1 amide bonds. The summed E-state index contributed by atoms with van der Waals surface area (Å²) >= 11 is 3.38. The number of halogens is 1. The molecule has 1 aliphatic carbocycles. The van der Waals surface area contributed by atoms with Crippen molar-refractivity contribution in [2.45, 2.75) is 51.7 Å². The van der Waals surface area contributed by atoms with Gasteiger partial charge in [-0.1, -0.05) is 15.9 Å². The lowest BCUT2D eigenvalue weighted by atomic mass is 9.92. The molecule has 1 fully saturated rings. The number of aryl methyl sites for hydroxylation is 2. The number of carbonyl (C=O) groups is 1. The molecule has 3 rings (SSSR count). The number of ether oxygens (including phenoxy) is 1. The Morgan fingerprint density at radius 1 is 1.08 bits per heavy atom. The first-order valence-electron chi connectivity index (χ1n) is 8.55. The third-order valence-electron chi connectivity index (χ3n) is 4.35. The summed E-state index contributed by atoms with van der Waals surface area (Å²) in [4.78, 5) is 21.0. The zero-order valence-electron chi connectivity index (χ0n) is 14.5. The van der Waals surface area contributed by atoms with Crippen molar-refractivity contribution in [2.75, 3.05) is 0 Å². The number of hydrogen-bond donors (Lipinski definition) is 1. The second-order valence-corrected chi connectivity index (χ2v) is 7.42. The van der Waals surface area contributed by atoms with Crippen LogP contribution in [0.1, 0.15) is 47.4 Å². The van der Waals surface area contributed by atoms with Crippen molar-refractivity contribution < 1.29 is 9.53 Å². The van der Waals surface area contributed by atoms with E-state index in [-0.39, 0.29) is 18.1 Å². The fourth-order valence-corrected chi connectivity index (χ4v) is 3.35. The standard InChI is InChI=1S/C19H22BrN3O2/c1-12-11-13(2)22-19(21-12)25-17-9-7-16(8-10-17)23-18(24)14-3-5-15(20)6-4-14/h3-6,11,16-17H,7-10H2,1-2H3,(H,23,24). The summed E-state index contributed by atoms with van der Waals surface area (Å²) in [5, 5.41) is 3.12. The van der Waals surface area contributed by atoms with Crippen LogP contribution in [0.2, 0.25) is 0 Å². The minimum absolute atomic E-state index is 0.0190. The minimum Gasteiger partial charge on any atom is -0.460 e. The highest BCUT2D eigenvalue weighted by molar-refractivity contribution is 9.10. The molecule has 2 aromatic rings. The van der Waals surface area contributed by atoms with E-state index in [1.165, 1.54) is 0 Å². The van der Waals surface area contributed by atoms with E-state index in [2.05, 4.69) is 31.2 Å². The summed E-state index contributed by atoms with van der Waals surface area (Å²) in [5.41, 5.74) is 2.51. The number of rotatable bonds is 4. The normalized spacial score (nSPS) is 20.1. The van der Waals surface area contributed by atoms with Crippen molar-refractivity contribution >= 4 is 21.8 Å². The lowest BCUT2D eigenvalue weighted by Crippen LogP contribution is -2.39. The van der Waals surface area contributed by atoms with E-state index in [4.69, 9.17) is 4.74 Å². The predicted octanol–water partition coefficient (Wildman–Crippen LogP) is 3.98. The topological polar surface area (TPSA) is 64.1 Å². The van der Waals surface area contributed by atoms with Crippen LogP contribution in [0.25, 0.3) is 0 Å². The highest BCUT2D eigenvalue weighted by Crippen LogP contribution is 2.23. The van der Waals surface area contributed by atoms with Crippen LogP contribution in [-0.2, 0) is 0 Å². The molecule has 1 aromatic carbocycles. The molecule has 0 saturated heterocycles. The van der Waals surface area contributed by atoms with Gasteiger partial charge in [-0.25, -0.2) is 9.97 Å². The van der Waals surface area contributed by atoms with E-state index in [9.17, 15) is 4.79 Å². The maximum absolute atomic E-state index is 12.3. The second-order valence-electron chi connectivity index (χ2n) is 6.51. The molecule has 132 valence electrons. The van der Waals surface area contributed by atoms with Crippen molar-refractivity contribution in [3.05, 3.63) is 51.8 Å². The summed E-state index contributed by atoms with van der Waals surface area (Å²) in [6.07, 6.45) is 3.70. The average molecular weight is 404 g/mol. The highest BCUT2D eigenvalue weighted by atomic mass is 79.9. The van der Waals surface area contributed by atoms with Crippen molar-refractivity contribution in [2.24, 2.45) is 0 Å². The van der Waals surface area contributed by atoms with Gasteiger partial charge in [0.2, 0.25) is 0 Å². The van der Waals surface area contributed by atoms with E-state index >= 15 is 0 Å². The van der Waals surface area contributed by atoms with E-state index in [0.717, 1.165) is 41.5 Å². The molecule has 0 spiro atoms. The molecule has 1 saturated carbocycles. The Hall–Kier alpha value is -1.95. The fraction of sp³-hybridized carbons (Fsp3) is 0.421. The van der Waals surface area contributed by atoms with Crippen molar-refractivity contribution in [1.82, 2.24) is 15.3 Å². The lowest BCUT2D eigenvalue weighted by Gasteiger charge is -2.29. The van der Waals surface area contributed by atoms with Gasteiger partial charge in [0.05, 0.1) is 0 Å². The maximum Gasteiger partial charge on any atom is 0.317 e. The zero-order valence-corrected chi connectivity index (χ0v) is 16.0. The van der Waals surface area contributed by atoms with Crippen molar-refractivity contribution in [1.29, 1.82) is 0 Å². The molecule has 1 aromatic heterocycles. The number of aromatic nitrogens is 2. The molecular weight excluding hydrogens is 382 g/mol. The highest BCUT2D eigenvalue weighted by Gasteiger charge is 2.24. The zero-order chi connectivity index (χ0) is 17.8. The molecule has 1 heterocycles. The SMILES string of the molecule is Cc1cc(C)nc(OC2CCC(NC(=O)c3ccc(Br)cc3)CC2)n1. The van der Waals surface area contributed by atoms with Crippen LogP contribution < -0.4 is 10.1 Å². The first-order chi connectivity index (χ1) is 12.0. The molecular formula is C19H22BrN3O2. The smallest absolute Gasteiger partial charge is 0.317 e. The molecule has 1 N–H and O–H groups in total. The summed E-state index contributed by atoms with van der Waals surface area (Å²) < 4.78 is 6.90. The molecule has 0 bridgehead atoms. The Morgan fingerprint density at radius 2 is 1.68 bits per heavy atom. The van der Waals surface area contributed by atoms with Gasteiger partial charge in [-0.05, 0) is 69.9 Å². The Labute approximate surface area is 156 Å². The Balaban J connectivity index is 1.50. The summed E-state index contributed by atoms with van der Waals surface area (Å²) in [5.74, 6) is -0.0190. The van der Waals surface area contributed by atoms with Crippen LogP contribution >= 0.6 is 15.9 Å². The van der Waals surface area contributed by atoms with Gasteiger partial charge in [0.25, 0.3) is 5.91 Å². The van der Waals surface area contributed by atoms with E-state index in [1.807, 2.05) is 44.2 Å². The minimum atomic E-state index is -0.0190. The predicted molar refractivity (Wildman–Crippen MR) is 99.8 cm³/mol. The fourth-order valence-electron chi connectivity index (χ4n) is 3.09. The molecule has 6 heteroatoms. The van der Waals surface area contributed by atoms with Gasteiger partial charge in [0, 0.05) is 27.5 Å². The monoisotopic (exact) mass is 403 g/mol. The first-order valence-corrected chi connectivity index (χ1v) is 9.34. The number of hydrogen-bond acceptors (Lipinski definition) is 4. The molecule has 0 atom stereocenters. The quantitative estimate of drug-likeness (QED) is 0.838. The largest absolute Gasteiger partial charge is 0.460 e. The van der Waals surface area contributed by atoms with Gasteiger partial charge in [0.1, 0.15) is 6.10 Å². The molecule has 1 aliphatic rings. The third-order valence-corrected chi connectivity index (χ3v) is 4.88. The first kappa shape index (κ1) is 17.9.